The van der Waals surface area contributed by atoms with Crippen LogP contribution in [0.1, 0.15) is 32.6 Å². The number of rotatable bonds is 2. The Morgan fingerprint density at radius 2 is 1.78 bits per heavy atom. The van der Waals surface area contributed by atoms with E-state index in [0.717, 1.165) is 19.5 Å². The molecule has 2 fully saturated rings. The first-order chi connectivity index (χ1) is 7.68. The Morgan fingerprint density at radius 3 is 2.33 bits per heavy atom. The Hall–Kier alpha value is -0.0300. The highest BCUT2D eigenvalue weighted by atomic mass is 35.5. The number of amides is 1. The van der Waals surface area contributed by atoms with Crippen LogP contribution in [0.2, 0.25) is 0 Å². The average Bonchev–Trinajstić information content (AvgIpc) is 2.81. The van der Waals surface area contributed by atoms with E-state index in [-0.39, 0.29) is 36.8 Å². The van der Waals surface area contributed by atoms with Gasteiger partial charge < -0.3 is 10.6 Å². The second kappa shape index (κ2) is 8.20. The first kappa shape index (κ1) is 18.0. The average molecular weight is 298 g/mol. The summed E-state index contributed by atoms with van der Waals surface area (Å²) in [5, 5.41) is 0. The molecule has 1 amide bonds. The molecular weight excluding hydrogens is 273 g/mol. The molecule has 0 aliphatic carbocycles. The maximum absolute atomic E-state index is 11.8. The van der Waals surface area contributed by atoms with Crippen LogP contribution in [-0.4, -0.2) is 54.0 Å². The lowest BCUT2D eigenvalue weighted by atomic mass is 10.0. The zero-order valence-electron chi connectivity index (χ0n) is 11.0. The maximum Gasteiger partial charge on any atom is 0.239 e. The van der Waals surface area contributed by atoms with Crippen LogP contribution in [0.25, 0.3) is 0 Å². The molecule has 2 aliphatic rings. The van der Waals surface area contributed by atoms with Crippen LogP contribution < -0.4 is 5.73 Å². The largest absolute Gasteiger partial charge is 0.340 e. The molecule has 2 heterocycles. The number of piperidine rings is 1. The van der Waals surface area contributed by atoms with E-state index in [0.29, 0.717) is 6.04 Å². The summed E-state index contributed by atoms with van der Waals surface area (Å²) in [6.45, 7) is 5.99. The normalized spacial score (nSPS) is 26.1. The predicted molar refractivity (Wildman–Crippen MR) is 78.6 cm³/mol. The first-order valence-corrected chi connectivity index (χ1v) is 6.47. The topological polar surface area (TPSA) is 49.6 Å². The first-order valence-electron chi connectivity index (χ1n) is 6.47. The third kappa shape index (κ3) is 4.26. The van der Waals surface area contributed by atoms with Gasteiger partial charge in [0, 0.05) is 19.1 Å². The summed E-state index contributed by atoms with van der Waals surface area (Å²) in [7, 11) is 0. The van der Waals surface area contributed by atoms with Crippen molar-refractivity contribution in [3.05, 3.63) is 0 Å². The summed E-state index contributed by atoms with van der Waals surface area (Å²) in [5.74, 6) is 0.115. The van der Waals surface area contributed by atoms with Gasteiger partial charge >= 0.3 is 0 Å². The number of hydrogen-bond acceptors (Lipinski definition) is 3. The molecule has 0 aromatic heterocycles. The van der Waals surface area contributed by atoms with Crippen molar-refractivity contribution in [1.82, 2.24) is 9.80 Å². The predicted octanol–water partition coefficient (Wildman–Crippen LogP) is 1.26. The molecule has 4 nitrogen and oxygen atoms in total. The molecule has 2 N–H and O–H groups in total. The van der Waals surface area contributed by atoms with Crippen LogP contribution in [-0.2, 0) is 4.79 Å². The van der Waals surface area contributed by atoms with Gasteiger partial charge in [-0.2, -0.15) is 0 Å². The van der Waals surface area contributed by atoms with Gasteiger partial charge in [0.15, 0.2) is 0 Å². The van der Waals surface area contributed by atoms with E-state index in [1.54, 1.807) is 6.92 Å². The van der Waals surface area contributed by atoms with Crippen molar-refractivity contribution in [1.29, 1.82) is 0 Å². The van der Waals surface area contributed by atoms with Crippen molar-refractivity contribution >= 4 is 30.7 Å². The fraction of sp³-hybridized carbons (Fsp3) is 0.917. The molecule has 0 aromatic rings. The van der Waals surface area contributed by atoms with E-state index in [4.69, 9.17) is 5.73 Å². The minimum absolute atomic E-state index is 0. The molecule has 2 atom stereocenters. The third-order valence-corrected chi connectivity index (χ3v) is 3.75. The zero-order chi connectivity index (χ0) is 11.5. The standard InChI is InChI=1S/C12H23N3O.2ClH/c1-10(13)12(16)15-8-4-5-11(9-15)14-6-2-3-7-14;;/h10-11H,2-9,13H2,1H3;2*1H/t10-,11?;;/m0../s1. The second-order valence-corrected chi connectivity index (χ2v) is 5.11. The highest BCUT2D eigenvalue weighted by molar-refractivity contribution is 5.85. The summed E-state index contributed by atoms with van der Waals surface area (Å²) in [6, 6.07) is 0.233. The van der Waals surface area contributed by atoms with Crippen LogP contribution in [0.5, 0.6) is 0 Å². The molecule has 0 bridgehead atoms. The Labute approximate surface area is 122 Å². The third-order valence-electron chi connectivity index (χ3n) is 3.75. The number of nitrogens with zero attached hydrogens (tertiary/aromatic N) is 2. The summed E-state index contributed by atoms with van der Waals surface area (Å²) in [4.78, 5) is 16.3. The Morgan fingerprint density at radius 1 is 1.17 bits per heavy atom. The van der Waals surface area contributed by atoms with Gasteiger partial charge in [0.1, 0.15) is 0 Å². The maximum atomic E-state index is 11.8. The van der Waals surface area contributed by atoms with Gasteiger partial charge in [-0.1, -0.05) is 0 Å². The number of nitrogens with two attached hydrogens (primary N) is 1. The molecule has 108 valence electrons. The van der Waals surface area contributed by atoms with E-state index in [1.165, 1.54) is 32.4 Å². The molecule has 2 rings (SSSR count). The van der Waals surface area contributed by atoms with Gasteiger partial charge in [0.2, 0.25) is 5.91 Å². The molecule has 1 unspecified atom stereocenters. The fourth-order valence-corrected chi connectivity index (χ4v) is 2.85. The van der Waals surface area contributed by atoms with Crippen molar-refractivity contribution in [3.63, 3.8) is 0 Å². The van der Waals surface area contributed by atoms with Gasteiger partial charge in [-0.05, 0) is 45.7 Å². The number of halogens is 2. The minimum atomic E-state index is -0.350. The van der Waals surface area contributed by atoms with Crippen molar-refractivity contribution in [2.24, 2.45) is 5.73 Å². The lowest BCUT2D eigenvalue weighted by Gasteiger charge is -2.38. The summed E-state index contributed by atoms with van der Waals surface area (Å²) >= 11 is 0. The van der Waals surface area contributed by atoms with E-state index in [2.05, 4.69) is 4.90 Å². The Bertz CT molecular complexity index is 258. The number of likely N-dealkylation sites (tertiary alicyclic amines) is 2. The monoisotopic (exact) mass is 297 g/mol. The summed E-state index contributed by atoms with van der Waals surface area (Å²) in [6.07, 6.45) is 5.00. The number of carbonyl (C=O) groups excluding carboxylic acids is 1. The molecule has 18 heavy (non-hydrogen) atoms. The highest BCUT2D eigenvalue weighted by Crippen LogP contribution is 2.20. The quantitative estimate of drug-likeness (QED) is 0.835. The molecule has 2 aliphatic heterocycles. The van der Waals surface area contributed by atoms with Gasteiger partial charge in [0.25, 0.3) is 0 Å². The molecule has 6 heteroatoms. The molecule has 0 aromatic carbocycles. The van der Waals surface area contributed by atoms with Crippen molar-refractivity contribution in [2.75, 3.05) is 26.2 Å². The molecule has 0 radical (unpaired) electrons. The molecule has 0 spiro atoms. The van der Waals surface area contributed by atoms with Crippen LogP contribution in [0.15, 0.2) is 0 Å². The van der Waals surface area contributed by atoms with E-state index in [9.17, 15) is 4.79 Å². The van der Waals surface area contributed by atoms with Gasteiger partial charge in [0.05, 0.1) is 6.04 Å². The van der Waals surface area contributed by atoms with Crippen LogP contribution in [0, 0.1) is 0 Å². The SMILES string of the molecule is C[C@H](N)C(=O)N1CCCC(N2CCCC2)C1.Cl.Cl. The molecule has 2 saturated heterocycles. The van der Waals surface area contributed by atoms with Gasteiger partial charge in [-0.25, -0.2) is 0 Å². The fourth-order valence-electron chi connectivity index (χ4n) is 2.85. The van der Waals surface area contributed by atoms with Gasteiger partial charge in [-0.3, -0.25) is 9.69 Å². The summed E-state index contributed by atoms with van der Waals surface area (Å²) < 4.78 is 0. The minimum Gasteiger partial charge on any atom is -0.340 e. The Kier molecular flexibility index (Phi) is 8.19. The lowest BCUT2D eigenvalue weighted by molar-refractivity contribution is -0.134. The Balaban J connectivity index is 0.00000144. The van der Waals surface area contributed by atoms with Gasteiger partial charge in [-0.15, -0.1) is 24.8 Å². The summed E-state index contributed by atoms with van der Waals surface area (Å²) in [5.41, 5.74) is 5.66. The van der Waals surface area contributed by atoms with E-state index < -0.39 is 0 Å². The van der Waals surface area contributed by atoms with Crippen molar-refractivity contribution < 1.29 is 4.79 Å². The number of carbonyl (C=O) groups is 1. The van der Waals surface area contributed by atoms with E-state index >= 15 is 0 Å². The molecule has 0 saturated carbocycles. The van der Waals surface area contributed by atoms with E-state index in [1.807, 2.05) is 4.90 Å². The lowest BCUT2D eigenvalue weighted by Crippen LogP contribution is -2.52. The van der Waals surface area contributed by atoms with Crippen LogP contribution in [0.4, 0.5) is 0 Å². The smallest absolute Gasteiger partial charge is 0.239 e. The number of hydrogen-bond donors (Lipinski definition) is 1. The highest BCUT2D eigenvalue weighted by Gasteiger charge is 2.29. The zero-order valence-corrected chi connectivity index (χ0v) is 12.6. The van der Waals surface area contributed by atoms with Crippen LogP contribution in [0.3, 0.4) is 0 Å². The van der Waals surface area contributed by atoms with Crippen molar-refractivity contribution in [3.8, 4) is 0 Å². The van der Waals surface area contributed by atoms with Crippen molar-refractivity contribution in [2.45, 2.75) is 44.7 Å². The van der Waals surface area contributed by atoms with Crippen LogP contribution >= 0.6 is 24.8 Å². The second-order valence-electron chi connectivity index (χ2n) is 5.11. The molecular formula is C12H25Cl2N3O.